The van der Waals surface area contributed by atoms with E-state index in [1.807, 2.05) is 0 Å². The van der Waals surface area contributed by atoms with E-state index in [9.17, 15) is 12.8 Å². The van der Waals surface area contributed by atoms with Crippen LogP contribution in [0, 0.1) is 5.82 Å². The standard InChI is InChI=1S/C15H17FN2O2S/c1-18(2)21(19,20)15-10-6-5-9-14(15)17-11-12-7-3-4-8-13(12)16/h3-10,17H,11H2,1-2H3. The van der Waals surface area contributed by atoms with Gasteiger partial charge in [-0.15, -0.1) is 0 Å². The molecule has 2 rings (SSSR count). The zero-order chi connectivity index (χ0) is 15.5. The maximum absolute atomic E-state index is 13.6. The van der Waals surface area contributed by atoms with Crippen LogP contribution in [0.3, 0.4) is 0 Å². The minimum absolute atomic E-state index is 0.173. The van der Waals surface area contributed by atoms with Gasteiger partial charge in [-0.3, -0.25) is 0 Å². The van der Waals surface area contributed by atoms with Crippen molar-refractivity contribution in [3.05, 3.63) is 59.9 Å². The van der Waals surface area contributed by atoms with E-state index in [-0.39, 0.29) is 17.3 Å². The highest BCUT2D eigenvalue weighted by molar-refractivity contribution is 7.89. The Labute approximate surface area is 124 Å². The summed E-state index contributed by atoms with van der Waals surface area (Å²) in [5, 5.41) is 2.99. The molecular formula is C15H17FN2O2S. The molecule has 112 valence electrons. The summed E-state index contributed by atoms with van der Waals surface area (Å²) in [6, 6.07) is 13.0. The molecule has 0 aromatic heterocycles. The van der Waals surface area contributed by atoms with Crippen LogP contribution in [0.1, 0.15) is 5.56 Å². The molecule has 2 aromatic carbocycles. The Morgan fingerprint density at radius 1 is 1.05 bits per heavy atom. The molecule has 0 heterocycles. The fraction of sp³-hybridized carbons (Fsp3) is 0.200. The van der Waals surface area contributed by atoms with Crippen molar-refractivity contribution in [3.8, 4) is 0 Å². The van der Waals surface area contributed by atoms with Crippen LogP contribution >= 0.6 is 0 Å². The summed E-state index contributed by atoms with van der Waals surface area (Å²) in [6.45, 7) is 0.215. The zero-order valence-corrected chi connectivity index (χ0v) is 12.7. The molecule has 0 bridgehead atoms. The number of hydrogen-bond donors (Lipinski definition) is 1. The van der Waals surface area contributed by atoms with Gasteiger partial charge in [-0.25, -0.2) is 17.1 Å². The lowest BCUT2D eigenvalue weighted by molar-refractivity contribution is 0.521. The number of anilines is 1. The Morgan fingerprint density at radius 2 is 1.67 bits per heavy atom. The lowest BCUT2D eigenvalue weighted by atomic mass is 10.2. The topological polar surface area (TPSA) is 49.4 Å². The highest BCUT2D eigenvalue weighted by atomic mass is 32.2. The Morgan fingerprint density at radius 3 is 2.33 bits per heavy atom. The average molecular weight is 308 g/mol. The number of benzene rings is 2. The van der Waals surface area contributed by atoms with Gasteiger partial charge >= 0.3 is 0 Å². The van der Waals surface area contributed by atoms with Gasteiger partial charge in [-0.05, 0) is 18.2 Å². The number of sulfonamides is 1. The number of halogens is 1. The van der Waals surface area contributed by atoms with Gasteiger partial charge in [0.1, 0.15) is 10.7 Å². The van der Waals surface area contributed by atoms with E-state index in [1.54, 1.807) is 36.4 Å². The van der Waals surface area contributed by atoms with Crippen LogP contribution in [0.15, 0.2) is 53.4 Å². The molecule has 0 atom stereocenters. The normalized spacial score (nSPS) is 11.6. The Kier molecular flexibility index (Phi) is 4.59. The Bertz CT molecular complexity index is 730. The minimum atomic E-state index is -3.54. The molecule has 21 heavy (non-hydrogen) atoms. The predicted molar refractivity (Wildman–Crippen MR) is 81.0 cm³/mol. The van der Waals surface area contributed by atoms with E-state index in [0.29, 0.717) is 11.3 Å². The number of nitrogens with one attached hydrogen (secondary N) is 1. The minimum Gasteiger partial charge on any atom is -0.380 e. The Balaban J connectivity index is 2.28. The first-order valence-corrected chi connectivity index (χ1v) is 7.86. The van der Waals surface area contributed by atoms with Gasteiger partial charge in [0.05, 0.1) is 5.69 Å². The van der Waals surface area contributed by atoms with Gasteiger partial charge in [0, 0.05) is 26.2 Å². The van der Waals surface area contributed by atoms with Crippen molar-refractivity contribution in [1.29, 1.82) is 0 Å². The quantitative estimate of drug-likeness (QED) is 0.924. The molecule has 0 radical (unpaired) electrons. The van der Waals surface area contributed by atoms with Crippen molar-refractivity contribution >= 4 is 15.7 Å². The maximum Gasteiger partial charge on any atom is 0.244 e. The van der Waals surface area contributed by atoms with Crippen molar-refractivity contribution in [3.63, 3.8) is 0 Å². The fourth-order valence-electron chi connectivity index (χ4n) is 1.87. The summed E-state index contributed by atoms with van der Waals surface area (Å²) in [4.78, 5) is 0.173. The largest absolute Gasteiger partial charge is 0.380 e. The molecule has 0 amide bonds. The molecule has 0 aliphatic heterocycles. The lowest BCUT2D eigenvalue weighted by Gasteiger charge is -2.16. The SMILES string of the molecule is CN(C)S(=O)(=O)c1ccccc1NCc1ccccc1F. The van der Waals surface area contributed by atoms with E-state index in [2.05, 4.69) is 5.32 Å². The Hall–Kier alpha value is -1.92. The number of hydrogen-bond acceptors (Lipinski definition) is 3. The first-order valence-electron chi connectivity index (χ1n) is 6.42. The van der Waals surface area contributed by atoms with Crippen LogP contribution in [-0.4, -0.2) is 26.8 Å². The molecule has 1 N–H and O–H groups in total. The fourth-order valence-corrected chi connectivity index (χ4v) is 2.93. The van der Waals surface area contributed by atoms with Crippen LogP contribution in [0.5, 0.6) is 0 Å². The second-order valence-electron chi connectivity index (χ2n) is 4.73. The summed E-state index contributed by atoms with van der Waals surface area (Å²) >= 11 is 0. The second-order valence-corrected chi connectivity index (χ2v) is 6.85. The summed E-state index contributed by atoms with van der Waals surface area (Å²) in [5.74, 6) is -0.321. The molecule has 0 saturated heterocycles. The van der Waals surface area contributed by atoms with E-state index < -0.39 is 10.0 Å². The van der Waals surface area contributed by atoms with E-state index in [0.717, 1.165) is 4.31 Å². The molecule has 2 aromatic rings. The van der Waals surface area contributed by atoms with Gasteiger partial charge < -0.3 is 5.32 Å². The van der Waals surface area contributed by atoms with E-state index in [4.69, 9.17) is 0 Å². The first kappa shape index (κ1) is 15.5. The maximum atomic E-state index is 13.6. The van der Waals surface area contributed by atoms with Crippen LogP contribution in [0.4, 0.5) is 10.1 Å². The molecule has 0 aliphatic rings. The number of nitrogens with zero attached hydrogens (tertiary/aromatic N) is 1. The molecule has 0 spiro atoms. The van der Waals surface area contributed by atoms with Gasteiger partial charge in [0.15, 0.2) is 0 Å². The van der Waals surface area contributed by atoms with E-state index in [1.165, 1.54) is 26.2 Å². The molecule has 0 aliphatic carbocycles. The van der Waals surface area contributed by atoms with Crippen molar-refractivity contribution in [1.82, 2.24) is 4.31 Å². The van der Waals surface area contributed by atoms with E-state index >= 15 is 0 Å². The van der Waals surface area contributed by atoms with Crippen LogP contribution in [0.25, 0.3) is 0 Å². The molecule has 0 unspecified atom stereocenters. The van der Waals surface area contributed by atoms with Crippen LogP contribution in [-0.2, 0) is 16.6 Å². The summed E-state index contributed by atoms with van der Waals surface area (Å²) in [5.41, 5.74) is 0.934. The smallest absolute Gasteiger partial charge is 0.244 e. The van der Waals surface area contributed by atoms with Gasteiger partial charge in [-0.1, -0.05) is 30.3 Å². The summed E-state index contributed by atoms with van der Waals surface area (Å²) in [7, 11) is -0.595. The molecule has 4 nitrogen and oxygen atoms in total. The van der Waals surface area contributed by atoms with Crippen molar-refractivity contribution < 1.29 is 12.8 Å². The van der Waals surface area contributed by atoms with Crippen LogP contribution < -0.4 is 5.32 Å². The van der Waals surface area contributed by atoms with Crippen molar-refractivity contribution in [2.24, 2.45) is 0 Å². The van der Waals surface area contributed by atoms with Gasteiger partial charge in [-0.2, -0.15) is 0 Å². The summed E-state index contributed by atoms with van der Waals surface area (Å²) in [6.07, 6.45) is 0. The van der Waals surface area contributed by atoms with Crippen LogP contribution in [0.2, 0.25) is 0 Å². The van der Waals surface area contributed by atoms with Crippen molar-refractivity contribution in [2.45, 2.75) is 11.4 Å². The molecule has 0 saturated carbocycles. The summed E-state index contributed by atoms with van der Waals surface area (Å²) < 4.78 is 39.2. The lowest BCUT2D eigenvalue weighted by Crippen LogP contribution is -2.23. The zero-order valence-electron chi connectivity index (χ0n) is 11.9. The number of rotatable bonds is 5. The molecule has 0 fully saturated rings. The van der Waals surface area contributed by atoms with Gasteiger partial charge in [0.2, 0.25) is 10.0 Å². The third-order valence-electron chi connectivity index (χ3n) is 3.07. The molecule has 6 heteroatoms. The van der Waals surface area contributed by atoms with Gasteiger partial charge in [0.25, 0.3) is 0 Å². The first-order chi connectivity index (χ1) is 9.93. The second kappa shape index (κ2) is 6.24. The average Bonchev–Trinajstić information content (AvgIpc) is 2.46. The predicted octanol–water partition coefficient (Wildman–Crippen LogP) is 2.69. The molecular weight excluding hydrogens is 291 g/mol. The highest BCUT2D eigenvalue weighted by Gasteiger charge is 2.20. The monoisotopic (exact) mass is 308 g/mol. The highest BCUT2D eigenvalue weighted by Crippen LogP contribution is 2.23. The third-order valence-corrected chi connectivity index (χ3v) is 4.95. The number of para-hydroxylation sites is 1. The van der Waals surface area contributed by atoms with Crippen molar-refractivity contribution in [2.75, 3.05) is 19.4 Å². The third kappa shape index (κ3) is 3.40.